The maximum atomic E-state index is 12.8. The summed E-state index contributed by atoms with van der Waals surface area (Å²) in [4.78, 5) is 38.7. The van der Waals surface area contributed by atoms with E-state index < -0.39 is 17.1 Å². The fourth-order valence-electron chi connectivity index (χ4n) is 3.14. The van der Waals surface area contributed by atoms with Gasteiger partial charge in [-0.2, -0.15) is 0 Å². The number of imide groups is 1. The van der Waals surface area contributed by atoms with Gasteiger partial charge in [0, 0.05) is 5.69 Å². The highest BCUT2D eigenvalue weighted by atomic mass is 32.2. The Balaban J connectivity index is 1.77. The van der Waals surface area contributed by atoms with Gasteiger partial charge < -0.3 is 19.5 Å². The van der Waals surface area contributed by atoms with Gasteiger partial charge in [-0.3, -0.25) is 19.3 Å². The van der Waals surface area contributed by atoms with E-state index in [1.807, 2.05) is 26.0 Å². The van der Waals surface area contributed by atoms with Gasteiger partial charge in [0.1, 0.15) is 6.54 Å². The van der Waals surface area contributed by atoms with Crippen LogP contribution in [0.4, 0.5) is 10.5 Å². The van der Waals surface area contributed by atoms with Crippen LogP contribution in [-0.4, -0.2) is 49.8 Å². The van der Waals surface area contributed by atoms with Gasteiger partial charge in [0.25, 0.3) is 11.1 Å². The fourth-order valence-corrected chi connectivity index (χ4v) is 3.97. The van der Waals surface area contributed by atoms with Crippen molar-refractivity contribution in [3.8, 4) is 17.2 Å². The zero-order valence-corrected chi connectivity index (χ0v) is 19.3. The molecule has 1 aliphatic heterocycles. The molecule has 9 heteroatoms. The van der Waals surface area contributed by atoms with E-state index in [-0.39, 0.29) is 11.4 Å². The minimum absolute atomic E-state index is 0.197. The molecule has 168 valence electrons. The van der Waals surface area contributed by atoms with Gasteiger partial charge >= 0.3 is 0 Å². The first-order valence-corrected chi connectivity index (χ1v) is 10.5. The average Bonchev–Trinajstić information content (AvgIpc) is 3.02. The molecule has 3 amide bonds. The number of methoxy groups -OCH3 is 3. The molecule has 1 N–H and O–H groups in total. The van der Waals surface area contributed by atoms with Crippen molar-refractivity contribution >= 4 is 40.6 Å². The number of hydrogen-bond acceptors (Lipinski definition) is 7. The van der Waals surface area contributed by atoms with E-state index in [4.69, 9.17) is 14.2 Å². The predicted octanol–water partition coefficient (Wildman–Crippen LogP) is 4.00. The second-order valence-corrected chi connectivity index (χ2v) is 8.07. The van der Waals surface area contributed by atoms with Crippen LogP contribution in [0.3, 0.4) is 0 Å². The lowest BCUT2D eigenvalue weighted by Gasteiger charge is -2.13. The summed E-state index contributed by atoms with van der Waals surface area (Å²) in [6.07, 6.45) is 1.55. The highest BCUT2D eigenvalue weighted by Crippen LogP contribution is 2.40. The number of ether oxygens (including phenoxy) is 3. The molecule has 0 radical (unpaired) electrons. The molecule has 1 fully saturated rings. The van der Waals surface area contributed by atoms with E-state index in [1.54, 1.807) is 24.3 Å². The largest absolute Gasteiger partial charge is 0.493 e. The summed E-state index contributed by atoms with van der Waals surface area (Å²) in [6.45, 7) is 3.54. The van der Waals surface area contributed by atoms with Crippen LogP contribution < -0.4 is 19.5 Å². The number of nitrogens with zero attached hydrogens (tertiary/aromatic N) is 1. The molecule has 8 nitrogen and oxygen atoms in total. The third-order valence-corrected chi connectivity index (χ3v) is 5.86. The van der Waals surface area contributed by atoms with Gasteiger partial charge in [-0.15, -0.1) is 0 Å². The number of carbonyl (C=O) groups excluding carboxylic acids is 3. The molecular weight excluding hydrogens is 432 g/mol. The van der Waals surface area contributed by atoms with Crippen LogP contribution in [0.1, 0.15) is 16.7 Å². The Morgan fingerprint density at radius 1 is 1.00 bits per heavy atom. The van der Waals surface area contributed by atoms with Crippen molar-refractivity contribution in [3.63, 3.8) is 0 Å². The summed E-state index contributed by atoms with van der Waals surface area (Å²) in [5.74, 6) is 0.270. The quantitative estimate of drug-likeness (QED) is 0.629. The highest BCUT2D eigenvalue weighted by molar-refractivity contribution is 8.18. The lowest BCUT2D eigenvalue weighted by molar-refractivity contribution is -0.127. The van der Waals surface area contributed by atoms with Crippen LogP contribution in [0.2, 0.25) is 0 Å². The Hall–Kier alpha value is -3.46. The van der Waals surface area contributed by atoms with Crippen LogP contribution in [0, 0.1) is 13.8 Å². The fraction of sp³-hybridized carbons (Fsp3) is 0.261. The molecule has 1 saturated heterocycles. The molecule has 2 aromatic carbocycles. The van der Waals surface area contributed by atoms with Crippen molar-refractivity contribution in [1.82, 2.24) is 4.90 Å². The number of rotatable bonds is 7. The molecule has 0 unspecified atom stereocenters. The Morgan fingerprint density at radius 3 is 2.22 bits per heavy atom. The minimum atomic E-state index is -0.538. The van der Waals surface area contributed by atoms with Crippen molar-refractivity contribution < 1.29 is 28.6 Å². The number of amides is 3. The summed E-state index contributed by atoms with van der Waals surface area (Å²) in [7, 11) is 4.47. The van der Waals surface area contributed by atoms with E-state index in [2.05, 4.69) is 5.32 Å². The molecule has 0 saturated carbocycles. The number of thioether (sulfide) groups is 1. The van der Waals surface area contributed by atoms with Crippen LogP contribution in [-0.2, 0) is 9.59 Å². The summed E-state index contributed by atoms with van der Waals surface area (Å²) in [5, 5.41) is 2.21. The molecule has 1 heterocycles. The van der Waals surface area contributed by atoms with Gasteiger partial charge in [-0.1, -0.05) is 6.07 Å². The molecule has 0 bridgehead atoms. The highest BCUT2D eigenvalue weighted by Gasteiger charge is 2.36. The number of hydrogen-bond donors (Lipinski definition) is 1. The van der Waals surface area contributed by atoms with E-state index in [1.165, 1.54) is 21.3 Å². The van der Waals surface area contributed by atoms with Gasteiger partial charge in [0.15, 0.2) is 11.5 Å². The smallest absolute Gasteiger partial charge is 0.294 e. The van der Waals surface area contributed by atoms with Gasteiger partial charge in [0.05, 0.1) is 26.2 Å². The van der Waals surface area contributed by atoms with Gasteiger partial charge in [0.2, 0.25) is 11.7 Å². The topological polar surface area (TPSA) is 94.2 Å². The second kappa shape index (κ2) is 9.78. The molecule has 0 atom stereocenters. The number of aryl methyl sites for hydroxylation is 2. The molecule has 0 aromatic heterocycles. The number of carbonyl (C=O) groups is 3. The Morgan fingerprint density at radius 2 is 1.66 bits per heavy atom. The maximum absolute atomic E-state index is 12.8. The zero-order valence-electron chi connectivity index (χ0n) is 18.5. The molecular formula is C23H24N2O6S. The molecule has 2 aromatic rings. The van der Waals surface area contributed by atoms with Gasteiger partial charge in [-0.05, 0) is 72.6 Å². The van der Waals surface area contributed by atoms with Crippen LogP contribution in [0.25, 0.3) is 6.08 Å². The number of nitrogens with one attached hydrogen (secondary N) is 1. The van der Waals surface area contributed by atoms with Crippen LogP contribution in [0.5, 0.6) is 17.2 Å². The van der Waals surface area contributed by atoms with Crippen molar-refractivity contribution in [2.24, 2.45) is 0 Å². The summed E-state index contributed by atoms with van der Waals surface area (Å²) < 4.78 is 15.9. The molecule has 0 aliphatic carbocycles. The lowest BCUT2D eigenvalue weighted by atomic mass is 10.1. The molecule has 1 aliphatic rings. The third kappa shape index (κ3) is 4.88. The first-order valence-electron chi connectivity index (χ1n) is 9.69. The van der Waals surface area contributed by atoms with Crippen molar-refractivity contribution in [2.45, 2.75) is 13.8 Å². The van der Waals surface area contributed by atoms with Crippen LogP contribution in [0.15, 0.2) is 35.2 Å². The first kappa shape index (κ1) is 23.2. The third-order valence-electron chi connectivity index (χ3n) is 4.95. The Labute approximate surface area is 190 Å². The van der Waals surface area contributed by atoms with Gasteiger partial charge in [-0.25, -0.2) is 0 Å². The Bertz CT molecular complexity index is 1090. The van der Waals surface area contributed by atoms with E-state index >= 15 is 0 Å². The summed E-state index contributed by atoms with van der Waals surface area (Å²) in [5.41, 5.74) is 3.33. The van der Waals surface area contributed by atoms with Crippen molar-refractivity contribution in [1.29, 1.82) is 0 Å². The molecule has 32 heavy (non-hydrogen) atoms. The Kier molecular flexibility index (Phi) is 7.09. The number of benzene rings is 2. The predicted molar refractivity (Wildman–Crippen MR) is 123 cm³/mol. The second-order valence-electron chi connectivity index (χ2n) is 7.07. The molecule has 0 spiro atoms. The summed E-state index contributed by atoms with van der Waals surface area (Å²) >= 11 is 0.772. The normalized spacial score (nSPS) is 14.7. The zero-order chi connectivity index (χ0) is 23.4. The lowest BCUT2D eigenvalue weighted by Crippen LogP contribution is -2.36. The monoisotopic (exact) mass is 456 g/mol. The number of anilines is 1. The van der Waals surface area contributed by atoms with E-state index in [0.29, 0.717) is 28.5 Å². The maximum Gasteiger partial charge on any atom is 0.294 e. The minimum Gasteiger partial charge on any atom is -0.493 e. The average molecular weight is 457 g/mol. The van der Waals surface area contributed by atoms with Crippen LogP contribution >= 0.6 is 11.8 Å². The first-order chi connectivity index (χ1) is 15.3. The summed E-state index contributed by atoms with van der Waals surface area (Å²) in [6, 6.07) is 8.85. The standard InChI is InChI=1S/C23H24N2O6S/c1-13-6-7-16(8-14(13)2)24-20(26)12-25-22(27)19(32-23(25)28)11-15-9-17(29-3)21(31-5)18(10-15)30-4/h6-11H,12H2,1-5H3,(H,24,26). The van der Waals surface area contributed by atoms with E-state index in [9.17, 15) is 14.4 Å². The molecule has 3 rings (SSSR count). The van der Waals surface area contributed by atoms with Crippen molar-refractivity contribution in [3.05, 3.63) is 51.9 Å². The van der Waals surface area contributed by atoms with E-state index in [0.717, 1.165) is 27.8 Å². The van der Waals surface area contributed by atoms with Crippen molar-refractivity contribution in [2.75, 3.05) is 33.2 Å². The SMILES string of the molecule is COc1cc(C=C2SC(=O)N(CC(=O)Nc3ccc(C)c(C)c3)C2=O)cc(OC)c1OC.